The summed E-state index contributed by atoms with van der Waals surface area (Å²) in [5.41, 5.74) is 3.47. The molecule has 0 heterocycles. The molecule has 5 nitrogen and oxygen atoms in total. The Morgan fingerprint density at radius 1 is 1.39 bits per heavy atom. The van der Waals surface area contributed by atoms with Crippen LogP contribution in [0.2, 0.25) is 0 Å². The summed E-state index contributed by atoms with van der Waals surface area (Å²) in [4.78, 5) is 6.35. The van der Waals surface area contributed by atoms with Crippen LogP contribution in [0, 0.1) is 0 Å². The van der Waals surface area contributed by atoms with E-state index >= 15 is 0 Å². The Labute approximate surface area is 109 Å². The molecule has 0 radical (unpaired) electrons. The standard InChI is InChI=1S/C13H22N4O/c1-11(2)18-10-9-17(3)13(16-14)15-12-7-5-4-6-8-12/h4-8,11H,9-10,14H2,1-3H3,(H,15,16). The second kappa shape index (κ2) is 7.68. The molecule has 5 heteroatoms. The molecule has 0 amide bonds. The minimum absolute atomic E-state index is 0.235. The van der Waals surface area contributed by atoms with E-state index in [4.69, 9.17) is 10.6 Å². The number of ether oxygens (including phenoxy) is 1. The minimum atomic E-state index is 0.235. The summed E-state index contributed by atoms with van der Waals surface area (Å²) in [6, 6.07) is 9.68. The first-order valence-electron chi connectivity index (χ1n) is 6.06. The summed E-state index contributed by atoms with van der Waals surface area (Å²) in [7, 11) is 1.92. The summed E-state index contributed by atoms with van der Waals surface area (Å²) in [5.74, 6) is 6.11. The van der Waals surface area contributed by atoms with E-state index in [1.807, 2.05) is 56.1 Å². The van der Waals surface area contributed by atoms with Crippen LogP contribution in [0.25, 0.3) is 0 Å². The topological polar surface area (TPSA) is 62.9 Å². The minimum Gasteiger partial charge on any atom is -0.377 e. The van der Waals surface area contributed by atoms with Crippen molar-refractivity contribution in [3.63, 3.8) is 0 Å². The van der Waals surface area contributed by atoms with Crippen molar-refractivity contribution in [2.45, 2.75) is 20.0 Å². The molecule has 18 heavy (non-hydrogen) atoms. The molecule has 0 saturated carbocycles. The maximum absolute atomic E-state index is 5.49. The van der Waals surface area contributed by atoms with Crippen LogP contribution in [0.1, 0.15) is 13.8 Å². The van der Waals surface area contributed by atoms with Crippen LogP contribution in [0.5, 0.6) is 0 Å². The molecule has 3 N–H and O–H groups in total. The van der Waals surface area contributed by atoms with Gasteiger partial charge in [0.25, 0.3) is 0 Å². The normalized spacial score (nSPS) is 11.7. The summed E-state index contributed by atoms with van der Waals surface area (Å²) in [5, 5.41) is 0. The lowest BCUT2D eigenvalue weighted by atomic mass is 10.3. The van der Waals surface area contributed by atoms with E-state index in [1.165, 1.54) is 0 Å². The smallest absolute Gasteiger partial charge is 0.213 e. The van der Waals surface area contributed by atoms with Gasteiger partial charge < -0.3 is 9.64 Å². The van der Waals surface area contributed by atoms with Crippen LogP contribution in [0.3, 0.4) is 0 Å². The third kappa shape index (κ3) is 5.16. The highest BCUT2D eigenvalue weighted by Gasteiger charge is 2.05. The van der Waals surface area contributed by atoms with E-state index in [2.05, 4.69) is 10.4 Å². The van der Waals surface area contributed by atoms with Crippen molar-refractivity contribution in [1.29, 1.82) is 0 Å². The molecule has 0 fully saturated rings. The number of hydrogen-bond acceptors (Lipinski definition) is 3. The molecule has 100 valence electrons. The van der Waals surface area contributed by atoms with E-state index in [0.29, 0.717) is 12.6 Å². The highest BCUT2D eigenvalue weighted by molar-refractivity contribution is 5.81. The lowest BCUT2D eigenvalue weighted by Crippen LogP contribution is -2.44. The fourth-order valence-corrected chi connectivity index (χ4v) is 1.38. The van der Waals surface area contributed by atoms with Gasteiger partial charge >= 0.3 is 0 Å². The first-order chi connectivity index (χ1) is 8.63. The number of guanidine groups is 1. The van der Waals surface area contributed by atoms with Crippen LogP contribution in [0.15, 0.2) is 35.3 Å². The molecule has 0 aliphatic heterocycles. The van der Waals surface area contributed by atoms with Crippen molar-refractivity contribution in [1.82, 2.24) is 10.3 Å². The highest BCUT2D eigenvalue weighted by Crippen LogP contribution is 2.10. The van der Waals surface area contributed by atoms with Gasteiger partial charge in [-0.05, 0) is 26.0 Å². The van der Waals surface area contributed by atoms with Crippen LogP contribution in [-0.2, 0) is 4.74 Å². The van der Waals surface area contributed by atoms with Crippen molar-refractivity contribution in [3.8, 4) is 0 Å². The first-order valence-corrected chi connectivity index (χ1v) is 6.06. The Kier molecular flexibility index (Phi) is 6.18. The van der Waals surface area contributed by atoms with E-state index < -0.39 is 0 Å². The summed E-state index contributed by atoms with van der Waals surface area (Å²) >= 11 is 0. The number of nitrogens with two attached hydrogens (primary N) is 1. The Balaban J connectivity index is 2.57. The van der Waals surface area contributed by atoms with Crippen LogP contribution in [0.4, 0.5) is 5.69 Å². The zero-order chi connectivity index (χ0) is 13.4. The summed E-state index contributed by atoms with van der Waals surface area (Å²) < 4.78 is 5.49. The third-order valence-corrected chi connectivity index (χ3v) is 2.36. The Hall–Kier alpha value is -1.59. The second-order valence-electron chi connectivity index (χ2n) is 4.26. The molecule has 0 saturated heterocycles. The summed E-state index contributed by atoms with van der Waals surface area (Å²) in [6.07, 6.45) is 0.235. The number of hydrazine groups is 1. The summed E-state index contributed by atoms with van der Waals surface area (Å²) in [6.45, 7) is 5.40. The average Bonchev–Trinajstić information content (AvgIpc) is 2.36. The quantitative estimate of drug-likeness (QED) is 0.360. The average molecular weight is 250 g/mol. The number of likely N-dealkylation sites (N-methyl/N-ethyl adjacent to an activating group) is 1. The van der Waals surface area contributed by atoms with Gasteiger partial charge in [0.1, 0.15) is 0 Å². The van der Waals surface area contributed by atoms with Gasteiger partial charge in [0.05, 0.1) is 18.4 Å². The number of benzene rings is 1. The largest absolute Gasteiger partial charge is 0.377 e. The van der Waals surface area contributed by atoms with Crippen molar-refractivity contribution >= 4 is 11.6 Å². The van der Waals surface area contributed by atoms with Crippen LogP contribution < -0.4 is 11.3 Å². The van der Waals surface area contributed by atoms with Crippen LogP contribution >= 0.6 is 0 Å². The number of rotatable bonds is 5. The predicted octanol–water partition coefficient (Wildman–Crippen LogP) is 1.49. The number of para-hydroxylation sites is 1. The lowest BCUT2D eigenvalue weighted by Gasteiger charge is -2.21. The number of aliphatic imine (C=N–C) groups is 1. The molecule has 0 aliphatic carbocycles. The molecule has 0 aliphatic rings. The van der Waals surface area contributed by atoms with Gasteiger partial charge in [-0.15, -0.1) is 0 Å². The highest BCUT2D eigenvalue weighted by atomic mass is 16.5. The number of hydrogen-bond donors (Lipinski definition) is 2. The van der Waals surface area contributed by atoms with Gasteiger partial charge in [-0.1, -0.05) is 18.2 Å². The number of nitrogens with zero attached hydrogens (tertiary/aromatic N) is 2. The van der Waals surface area contributed by atoms with E-state index in [-0.39, 0.29) is 6.10 Å². The van der Waals surface area contributed by atoms with Gasteiger partial charge in [-0.25, -0.2) is 10.8 Å². The fraction of sp³-hybridized carbons (Fsp3) is 0.462. The lowest BCUT2D eigenvalue weighted by molar-refractivity contribution is 0.0721. The van der Waals surface area contributed by atoms with Crippen LogP contribution in [-0.4, -0.2) is 37.2 Å². The molecule has 0 atom stereocenters. The van der Waals surface area contributed by atoms with Crippen molar-refractivity contribution in [2.24, 2.45) is 10.8 Å². The van der Waals surface area contributed by atoms with Gasteiger partial charge in [0, 0.05) is 13.6 Å². The van der Waals surface area contributed by atoms with Crippen molar-refractivity contribution in [2.75, 3.05) is 20.2 Å². The Bertz CT molecular complexity index is 365. The van der Waals surface area contributed by atoms with E-state index in [9.17, 15) is 0 Å². The molecule has 0 aromatic heterocycles. The SMILES string of the molecule is CC(C)OCCN(C)C(=Nc1ccccc1)NN. The molecular formula is C13H22N4O. The Morgan fingerprint density at radius 3 is 2.61 bits per heavy atom. The molecule has 1 aromatic carbocycles. The molecule has 0 unspecified atom stereocenters. The zero-order valence-corrected chi connectivity index (χ0v) is 11.3. The van der Waals surface area contributed by atoms with Gasteiger partial charge in [0.2, 0.25) is 5.96 Å². The van der Waals surface area contributed by atoms with Crippen molar-refractivity contribution < 1.29 is 4.74 Å². The zero-order valence-electron chi connectivity index (χ0n) is 11.3. The van der Waals surface area contributed by atoms with Gasteiger partial charge in [-0.3, -0.25) is 5.43 Å². The first kappa shape index (κ1) is 14.5. The molecular weight excluding hydrogens is 228 g/mol. The maximum atomic E-state index is 5.49. The molecule has 1 rings (SSSR count). The fourth-order valence-electron chi connectivity index (χ4n) is 1.38. The molecule has 0 spiro atoms. The molecule has 1 aromatic rings. The predicted molar refractivity (Wildman–Crippen MR) is 74.6 cm³/mol. The van der Waals surface area contributed by atoms with E-state index in [1.54, 1.807) is 0 Å². The maximum Gasteiger partial charge on any atom is 0.213 e. The number of nitrogens with one attached hydrogen (secondary N) is 1. The van der Waals surface area contributed by atoms with Gasteiger partial charge in [0.15, 0.2) is 0 Å². The van der Waals surface area contributed by atoms with E-state index in [0.717, 1.165) is 12.2 Å². The third-order valence-electron chi connectivity index (χ3n) is 2.36. The second-order valence-corrected chi connectivity index (χ2v) is 4.26. The Morgan fingerprint density at radius 2 is 2.06 bits per heavy atom. The monoisotopic (exact) mass is 250 g/mol. The molecule has 0 bridgehead atoms. The van der Waals surface area contributed by atoms with Crippen molar-refractivity contribution in [3.05, 3.63) is 30.3 Å². The van der Waals surface area contributed by atoms with Gasteiger partial charge in [-0.2, -0.15) is 0 Å².